The molecule has 0 aliphatic heterocycles. The van der Waals surface area contributed by atoms with Crippen molar-refractivity contribution >= 4 is 5.78 Å². The summed E-state index contributed by atoms with van der Waals surface area (Å²) in [6.45, 7) is 5.65. The molecule has 0 bridgehead atoms. The van der Waals surface area contributed by atoms with Gasteiger partial charge in [0.05, 0.1) is 19.8 Å². The summed E-state index contributed by atoms with van der Waals surface area (Å²) in [4.78, 5) is 23.1. The molecule has 0 fully saturated rings. The zero-order valence-electron chi connectivity index (χ0n) is 13.7. The van der Waals surface area contributed by atoms with Gasteiger partial charge in [-0.3, -0.25) is 14.5 Å². The second kappa shape index (κ2) is 9.20. The van der Waals surface area contributed by atoms with E-state index in [-0.39, 0.29) is 5.78 Å². The molecule has 23 heavy (non-hydrogen) atoms. The van der Waals surface area contributed by atoms with E-state index in [1.54, 1.807) is 0 Å². The molecular weight excluding hydrogens is 290 g/mol. The van der Waals surface area contributed by atoms with Crippen LogP contribution in [0.15, 0.2) is 54.6 Å². The van der Waals surface area contributed by atoms with Crippen molar-refractivity contribution in [3.05, 3.63) is 71.3 Å². The third kappa shape index (κ3) is 5.28. The Labute approximate surface area is 137 Å². The summed E-state index contributed by atoms with van der Waals surface area (Å²) in [6.07, 6.45) is 0.791. The molecular formula is C19H23NO3. The van der Waals surface area contributed by atoms with Gasteiger partial charge >= 0.3 is 0 Å². The number of carbonyl (C=O) groups excluding carboxylic acids is 1. The average Bonchev–Trinajstić information content (AvgIpc) is 2.61. The number of hydroxylamine groups is 2. The standard InChI is InChI=1S/C19H23NO3/c1-3-22-20(23-4-2)15-14-16-10-12-18(13-11-16)19(21)17-8-6-5-7-9-17/h5-13H,3-4,14-15H2,1-2H3. The highest BCUT2D eigenvalue weighted by atomic mass is 16.9. The smallest absolute Gasteiger partial charge is 0.193 e. The molecule has 4 nitrogen and oxygen atoms in total. The van der Waals surface area contributed by atoms with Crippen molar-refractivity contribution in [2.75, 3.05) is 19.8 Å². The van der Waals surface area contributed by atoms with Gasteiger partial charge < -0.3 is 0 Å². The van der Waals surface area contributed by atoms with Crippen molar-refractivity contribution in [3.63, 3.8) is 0 Å². The Balaban J connectivity index is 1.95. The predicted octanol–water partition coefficient (Wildman–Crippen LogP) is 3.67. The Hall–Kier alpha value is -2.01. The number of hydrogen-bond acceptors (Lipinski definition) is 4. The lowest BCUT2D eigenvalue weighted by molar-refractivity contribution is -0.364. The lowest BCUT2D eigenvalue weighted by Crippen LogP contribution is -2.26. The van der Waals surface area contributed by atoms with Crippen molar-refractivity contribution in [3.8, 4) is 0 Å². The summed E-state index contributed by atoms with van der Waals surface area (Å²) < 4.78 is 0. The fraction of sp³-hybridized carbons (Fsp3) is 0.316. The first-order valence-corrected chi connectivity index (χ1v) is 7.96. The summed E-state index contributed by atoms with van der Waals surface area (Å²) in [5.74, 6) is 0.0439. The second-order valence-corrected chi connectivity index (χ2v) is 5.03. The van der Waals surface area contributed by atoms with Crippen molar-refractivity contribution in [1.29, 1.82) is 0 Å². The zero-order chi connectivity index (χ0) is 16.5. The topological polar surface area (TPSA) is 38.8 Å². The van der Waals surface area contributed by atoms with E-state index in [2.05, 4.69) is 0 Å². The Morgan fingerprint density at radius 3 is 2.00 bits per heavy atom. The summed E-state index contributed by atoms with van der Waals surface area (Å²) in [6, 6.07) is 17.0. The first kappa shape index (κ1) is 17.3. The van der Waals surface area contributed by atoms with Crippen LogP contribution in [-0.4, -0.2) is 30.8 Å². The van der Waals surface area contributed by atoms with Gasteiger partial charge in [0.1, 0.15) is 0 Å². The number of hydrogen-bond donors (Lipinski definition) is 0. The van der Waals surface area contributed by atoms with Crippen LogP contribution < -0.4 is 0 Å². The molecule has 2 aromatic carbocycles. The van der Waals surface area contributed by atoms with Crippen LogP contribution in [0.1, 0.15) is 35.3 Å². The summed E-state index contributed by atoms with van der Waals surface area (Å²) >= 11 is 0. The first-order chi connectivity index (χ1) is 11.2. The fourth-order valence-electron chi connectivity index (χ4n) is 2.25. The maximum Gasteiger partial charge on any atom is 0.193 e. The lowest BCUT2D eigenvalue weighted by atomic mass is 10.0. The van der Waals surface area contributed by atoms with E-state index in [1.165, 1.54) is 5.23 Å². The van der Waals surface area contributed by atoms with Gasteiger partial charge in [0, 0.05) is 11.1 Å². The van der Waals surface area contributed by atoms with Crippen LogP contribution in [0, 0.1) is 0 Å². The monoisotopic (exact) mass is 313 g/mol. The highest BCUT2D eigenvalue weighted by molar-refractivity contribution is 6.08. The van der Waals surface area contributed by atoms with Crippen molar-refractivity contribution in [2.45, 2.75) is 20.3 Å². The highest BCUT2D eigenvalue weighted by Gasteiger charge is 2.09. The number of rotatable bonds is 9. The predicted molar refractivity (Wildman–Crippen MR) is 90.0 cm³/mol. The highest BCUT2D eigenvalue weighted by Crippen LogP contribution is 2.12. The zero-order valence-corrected chi connectivity index (χ0v) is 13.7. The fourth-order valence-corrected chi connectivity index (χ4v) is 2.25. The molecule has 4 heteroatoms. The SMILES string of the molecule is CCON(CCc1ccc(C(=O)c2ccccc2)cc1)OCC. The van der Waals surface area contributed by atoms with Crippen LogP contribution in [-0.2, 0) is 16.1 Å². The minimum atomic E-state index is 0.0439. The van der Waals surface area contributed by atoms with E-state index in [9.17, 15) is 4.79 Å². The maximum atomic E-state index is 12.3. The molecule has 0 atom stereocenters. The van der Waals surface area contributed by atoms with E-state index >= 15 is 0 Å². The van der Waals surface area contributed by atoms with E-state index in [4.69, 9.17) is 9.68 Å². The van der Waals surface area contributed by atoms with Crippen LogP contribution in [0.2, 0.25) is 0 Å². The Bertz CT molecular complexity index is 590. The molecule has 0 aliphatic carbocycles. The summed E-state index contributed by atoms with van der Waals surface area (Å²) in [7, 11) is 0. The summed E-state index contributed by atoms with van der Waals surface area (Å²) in [5, 5.41) is 1.52. The molecule has 0 saturated carbocycles. The van der Waals surface area contributed by atoms with Crippen LogP contribution in [0.4, 0.5) is 0 Å². The number of carbonyl (C=O) groups is 1. The Morgan fingerprint density at radius 1 is 0.870 bits per heavy atom. The first-order valence-electron chi connectivity index (χ1n) is 7.96. The number of ketones is 1. The minimum absolute atomic E-state index is 0.0439. The minimum Gasteiger partial charge on any atom is -0.289 e. The van der Waals surface area contributed by atoms with Gasteiger partial charge in [-0.1, -0.05) is 59.8 Å². The molecule has 0 aliphatic rings. The van der Waals surface area contributed by atoms with Gasteiger partial charge in [0.15, 0.2) is 5.78 Å². The van der Waals surface area contributed by atoms with Crippen molar-refractivity contribution in [1.82, 2.24) is 5.23 Å². The van der Waals surface area contributed by atoms with Crippen LogP contribution in [0.25, 0.3) is 0 Å². The second-order valence-electron chi connectivity index (χ2n) is 5.03. The Morgan fingerprint density at radius 2 is 1.43 bits per heavy atom. The Kier molecular flexibility index (Phi) is 6.94. The van der Waals surface area contributed by atoms with Gasteiger partial charge in [-0.2, -0.15) is 0 Å². The van der Waals surface area contributed by atoms with Gasteiger partial charge in [0.25, 0.3) is 0 Å². The third-order valence-electron chi connectivity index (χ3n) is 3.38. The lowest BCUT2D eigenvalue weighted by Gasteiger charge is -2.19. The molecule has 2 aromatic rings. The molecule has 122 valence electrons. The van der Waals surface area contributed by atoms with Crippen LogP contribution >= 0.6 is 0 Å². The van der Waals surface area contributed by atoms with Gasteiger partial charge in [-0.15, -0.1) is 0 Å². The van der Waals surface area contributed by atoms with E-state index < -0.39 is 0 Å². The molecule has 0 heterocycles. The van der Waals surface area contributed by atoms with Crippen molar-refractivity contribution < 1.29 is 14.5 Å². The molecule has 0 unspecified atom stereocenters. The van der Waals surface area contributed by atoms with Crippen LogP contribution in [0.3, 0.4) is 0 Å². The molecule has 0 saturated heterocycles. The molecule has 0 amide bonds. The van der Waals surface area contributed by atoms with E-state index in [1.807, 2.05) is 68.4 Å². The van der Waals surface area contributed by atoms with Crippen LogP contribution in [0.5, 0.6) is 0 Å². The maximum absolute atomic E-state index is 12.3. The molecule has 0 N–H and O–H groups in total. The quantitative estimate of drug-likeness (QED) is 0.523. The van der Waals surface area contributed by atoms with Gasteiger partial charge in [-0.25, -0.2) is 0 Å². The molecule has 0 aromatic heterocycles. The molecule has 0 spiro atoms. The van der Waals surface area contributed by atoms with Gasteiger partial charge in [-0.05, 0) is 25.8 Å². The summed E-state index contributed by atoms with van der Waals surface area (Å²) in [5.41, 5.74) is 2.55. The number of benzene rings is 2. The van der Waals surface area contributed by atoms with E-state index in [0.29, 0.717) is 30.9 Å². The van der Waals surface area contributed by atoms with E-state index in [0.717, 1.165) is 12.0 Å². The largest absolute Gasteiger partial charge is 0.289 e. The average molecular weight is 313 g/mol. The molecule has 0 radical (unpaired) electrons. The van der Waals surface area contributed by atoms with Crippen molar-refractivity contribution in [2.24, 2.45) is 0 Å². The van der Waals surface area contributed by atoms with Gasteiger partial charge in [0.2, 0.25) is 0 Å². The third-order valence-corrected chi connectivity index (χ3v) is 3.38. The normalized spacial score (nSPS) is 10.9. The number of nitrogens with zero attached hydrogens (tertiary/aromatic N) is 1. The molecule has 2 rings (SSSR count).